The van der Waals surface area contributed by atoms with E-state index in [0.29, 0.717) is 5.69 Å². The van der Waals surface area contributed by atoms with E-state index in [2.05, 4.69) is 20.3 Å². The molecule has 2 rings (SSSR count). The molecule has 1 amide bonds. The lowest BCUT2D eigenvalue weighted by atomic mass is 10.1. The lowest BCUT2D eigenvalue weighted by Gasteiger charge is -2.02. The highest BCUT2D eigenvalue weighted by Crippen LogP contribution is 2.16. The van der Waals surface area contributed by atoms with E-state index < -0.39 is 18.7 Å². The van der Waals surface area contributed by atoms with Crippen molar-refractivity contribution in [1.29, 1.82) is 0 Å². The van der Waals surface area contributed by atoms with Crippen LogP contribution in [0, 0.1) is 0 Å². The zero-order valence-electron chi connectivity index (χ0n) is 10.5. The van der Waals surface area contributed by atoms with Crippen LogP contribution in [0.4, 0.5) is 0 Å². The fourth-order valence-corrected chi connectivity index (χ4v) is 1.57. The molecule has 0 aliphatic carbocycles. The van der Waals surface area contributed by atoms with Crippen LogP contribution in [0.3, 0.4) is 0 Å². The van der Waals surface area contributed by atoms with Crippen molar-refractivity contribution >= 4 is 11.9 Å². The van der Waals surface area contributed by atoms with E-state index >= 15 is 0 Å². The van der Waals surface area contributed by atoms with Crippen LogP contribution in [0.2, 0.25) is 0 Å². The first-order valence-corrected chi connectivity index (χ1v) is 5.86. The zero-order chi connectivity index (χ0) is 14.4. The van der Waals surface area contributed by atoms with Crippen LogP contribution < -0.4 is 5.32 Å². The molecule has 1 aromatic carbocycles. The number of esters is 1. The van der Waals surface area contributed by atoms with Crippen molar-refractivity contribution < 1.29 is 19.4 Å². The second kappa shape index (κ2) is 6.48. The molecule has 0 unspecified atom stereocenters. The van der Waals surface area contributed by atoms with E-state index in [9.17, 15) is 9.59 Å². The predicted molar refractivity (Wildman–Crippen MR) is 69.5 cm³/mol. The van der Waals surface area contributed by atoms with Crippen LogP contribution in [0.1, 0.15) is 10.5 Å². The highest BCUT2D eigenvalue weighted by Gasteiger charge is 2.12. The van der Waals surface area contributed by atoms with Gasteiger partial charge in [0.1, 0.15) is 12.2 Å². The Morgan fingerprint density at radius 2 is 2.05 bits per heavy atom. The molecule has 0 fully saturated rings. The number of nitrogens with one attached hydrogen (secondary N) is 2. The molecule has 1 heterocycles. The monoisotopic (exact) mass is 275 g/mol. The number of aliphatic hydroxyl groups excluding tert-OH is 1. The Labute approximate surface area is 114 Å². The van der Waals surface area contributed by atoms with Gasteiger partial charge in [-0.25, -0.2) is 0 Å². The molecule has 0 spiro atoms. The van der Waals surface area contributed by atoms with E-state index in [4.69, 9.17) is 5.11 Å². The number of aromatic amines is 1. The third-order valence-electron chi connectivity index (χ3n) is 2.51. The van der Waals surface area contributed by atoms with Gasteiger partial charge in [0, 0.05) is 5.56 Å². The van der Waals surface area contributed by atoms with Crippen molar-refractivity contribution in [2.45, 2.75) is 0 Å². The van der Waals surface area contributed by atoms with Gasteiger partial charge in [-0.3, -0.25) is 14.7 Å². The Balaban J connectivity index is 1.98. The molecule has 7 heteroatoms. The number of aromatic nitrogens is 2. The normalized spacial score (nSPS) is 10.1. The van der Waals surface area contributed by atoms with Crippen LogP contribution in [-0.2, 0) is 9.53 Å². The molecule has 20 heavy (non-hydrogen) atoms. The third kappa shape index (κ3) is 3.42. The SMILES string of the molecule is O=C(CNC(=O)c1cc(-c2ccccc2)n[nH]1)OCO. The number of ether oxygens (including phenoxy) is 1. The first kappa shape index (κ1) is 13.8. The summed E-state index contributed by atoms with van der Waals surface area (Å²) >= 11 is 0. The van der Waals surface area contributed by atoms with E-state index in [1.165, 1.54) is 0 Å². The summed E-state index contributed by atoms with van der Waals surface area (Å²) < 4.78 is 4.28. The van der Waals surface area contributed by atoms with Crippen molar-refractivity contribution in [2.24, 2.45) is 0 Å². The highest BCUT2D eigenvalue weighted by atomic mass is 16.6. The van der Waals surface area contributed by atoms with Crippen LogP contribution >= 0.6 is 0 Å². The van der Waals surface area contributed by atoms with Crippen molar-refractivity contribution in [3.05, 3.63) is 42.1 Å². The van der Waals surface area contributed by atoms with Gasteiger partial charge in [0.2, 0.25) is 0 Å². The van der Waals surface area contributed by atoms with Gasteiger partial charge in [0.25, 0.3) is 5.91 Å². The number of nitrogens with zero attached hydrogens (tertiary/aromatic N) is 1. The minimum Gasteiger partial charge on any atom is -0.437 e. The zero-order valence-corrected chi connectivity index (χ0v) is 10.5. The highest BCUT2D eigenvalue weighted by molar-refractivity contribution is 5.95. The standard InChI is InChI=1S/C13H13N3O4/c17-8-20-12(18)7-14-13(19)11-6-10(15-16-11)9-4-2-1-3-5-9/h1-6,17H,7-8H2,(H,14,19)(H,15,16). The van der Waals surface area contributed by atoms with E-state index in [-0.39, 0.29) is 12.2 Å². The van der Waals surface area contributed by atoms with Crippen molar-refractivity contribution in [1.82, 2.24) is 15.5 Å². The molecule has 0 aliphatic rings. The summed E-state index contributed by atoms with van der Waals surface area (Å²) in [5.41, 5.74) is 1.75. The van der Waals surface area contributed by atoms with Crippen LogP contribution in [0.15, 0.2) is 36.4 Å². The number of amides is 1. The summed E-state index contributed by atoms with van der Waals surface area (Å²) in [6.45, 7) is -1.03. The molecule has 0 aliphatic heterocycles. The van der Waals surface area contributed by atoms with Gasteiger partial charge < -0.3 is 15.2 Å². The van der Waals surface area contributed by atoms with Gasteiger partial charge in [-0.1, -0.05) is 30.3 Å². The Bertz CT molecular complexity index is 595. The molecule has 104 valence electrons. The molecular weight excluding hydrogens is 262 g/mol. The number of hydrogen-bond acceptors (Lipinski definition) is 5. The summed E-state index contributed by atoms with van der Waals surface area (Å²) in [7, 11) is 0. The summed E-state index contributed by atoms with van der Waals surface area (Å²) in [6, 6.07) is 11.0. The van der Waals surface area contributed by atoms with Gasteiger partial charge in [-0.15, -0.1) is 0 Å². The van der Waals surface area contributed by atoms with E-state index in [1.54, 1.807) is 6.07 Å². The Morgan fingerprint density at radius 1 is 1.30 bits per heavy atom. The second-order valence-electron chi connectivity index (χ2n) is 3.86. The average molecular weight is 275 g/mol. The molecule has 3 N–H and O–H groups in total. The van der Waals surface area contributed by atoms with Crippen molar-refractivity contribution in [3.8, 4) is 11.3 Å². The molecule has 1 aromatic heterocycles. The second-order valence-corrected chi connectivity index (χ2v) is 3.86. The van der Waals surface area contributed by atoms with Crippen molar-refractivity contribution in [2.75, 3.05) is 13.3 Å². The fraction of sp³-hybridized carbons (Fsp3) is 0.154. The molecule has 2 aromatic rings. The lowest BCUT2D eigenvalue weighted by Crippen LogP contribution is -2.31. The fourth-order valence-electron chi connectivity index (χ4n) is 1.57. The summed E-state index contributed by atoms with van der Waals surface area (Å²) in [6.07, 6.45) is 0. The molecule has 0 bridgehead atoms. The maximum atomic E-state index is 11.7. The maximum Gasteiger partial charge on any atom is 0.327 e. The molecule has 7 nitrogen and oxygen atoms in total. The number of rotatable bonds is 5. The number of benzene rings is 1. The molecule has 0 saturated heterocycles. The third-order valence-corrected chi connectivity index (χ3v) is 2.51. The van der Waals surface area contributed by atoms with Gasteiger partial charge in [0.15, 0.2) is 6.79 Å². The molecular formula is C13H13N3O4. The maximum absolute atomic E-state index is 11.7. The van der Waals surface area contributed by atoms with E-state index in [0.717, 1.165) is 5.56 Å². The van der Waals surface area contributed by atoms with Crippen LogP contribution in [0.5, 0.6) is 0 Å². The Hall–Kier alpha value is -2.67. The molecule has 0 radical (unpaired) electrons. The van der Waals surface area contributed by atoms with Gasteiger partial charge in [0.05, 0.1) is 5.69 Å². The number of carbonyl (C=O) groups excluding carboxylic acids is 2. The predicted octanol–water partition coefficient (Wildman–Crippen LogP) is 0.299. The topological polar surface area (TPSA) is 104 Å². The van der Waals surface area contributed by atoms with Crippen LogP contribution in [-0.4, -0.2) is 40.5 Å². The number of aliphatic hydroxyl groups is 1. The number of H-pyrrole nitrogens is 1. The molecule has 0 saturated carbocycles. The quantitative estimate of drug-likeness (QED) is 0.537. The number of carbonyl (C=O) groups is 2. The first-order chi connectivity index (χ1) is 9.70. The summed E-state index contributed by atoms with van der Waals surface area (Å²) in [4.78, 5) is 22.7. The largest absolute Gasteiger partial charge is 0.437 e. The van der Waals surface area contributed by atoms with Gasteiger partial charge in [-0.2, -0.15) is 5.10 Å². The minimum atomic E-state index is -0.719. The molecule has 0 atom stereocenters. The smallest absolute Gasteiger partial charge is 0.327 e. The van der Waals surface area contributed by atoms with Gasteiger partial charge in [-0.05, 0) is 6.07 Å². The van der Waals surface area contributed by atoms with E-state index in [1.807, 2.05) is 30.3 Å². The summed E-state index contributed by atoms with van der Waals surface area (Å²) in [5.74, 6) is -1.20. The first-order valence-electron chi connectivity index (χ1n) is 5.86. The van der Waals surface area contributed by atoms with Crippen molar-refractivity contribution in [3.63, 3.8) is 0 Å². The number of hydrogen-bond donors (Lipinski definition) is 3. The van der Waals surface area contributed by atoms with Crippen LogP contribution in [0.25, 0.3) is 11.3 Å². The Kier molecular flexibility index (Phi) is 4.46. The Morgan fingerprint density at radius 3 is 2.75 bits per heavy atom. The van der Waals surface area contributed by atoms with Gasteiger partial charge >= 0.3 is 5.97 Å². The lowest BCUT2D eigenvalue weighted by molar-refractivity contribution is -0.150. The summed E-state index contributed by atoms with van der Waals surface area (Å²) in [5, 5.41) is 17.4. The average Bonchev–Trinajstić information content (AvgIpc) is 2.96. The minimum absolute atomic E-state index is 0.237.